The zero-order chi connectivity index (χ0) is 13.1. The topological polar surface area (TPSA) is 62.5 Å². The predicted molar refractivity (Wildman–Crippen MR) is 64.1 cm³/mol. The van der Waals surface area contributed by atoms with Crippen molar-refractivity contribution in [2.45, 2.75) is 13.3 Å². The second-order valence-corrected chi connectivity index (χ2v) is 3.73. The van der Waals surface area contributed by atoms with Crippen LogP contribution in [-0.2, 0) is 6.42 Å². The van der Waals surface area contributed by atoms with Crippen molar-refractivity contribution in [1.29, 1.82) is 0 Å². The smallest absolute Gasteiger partial charge is 0.259 e. The molecule has 1 aromatic heterocycles. The Kier molecular flexibility index (Phi) is 3.32. The Morgan fingerprint density at radius 3 is 2.89 bits per heavy atom. The van der Waals surface area contributed by atoms with Crippen molar-refractivity contribution >= 4 is 11.6 Å². The first-order chi connectivity index (χ1) is 8.61. The molecule has 0 saturated carbocycles. The fourth-order valence-electron chi connectivity index (χ4n) is 1.60. The normalized spacial score (nSPS) is 10.3. The highest BCUT2D eigenvalue weighted by molar-refractivity contribution is 6.04. The van der Waals surface area contributed by atoms with E-state index in [2.05, 4.69) is 5.32 Å². The van der Waals surface area contributed by atoms with E-state index in [-0.39, 0.29) is 11.6 Å². The molecule has 0 aliphatic heterocycles. The maximum atomic E-state index is 13.1. The molecule has 4 nitrogen and oxygen atoms in total. The first-order valence-electron chi connectivity index (χ1n) is 5.48. The van der Waals surface area contributed by atoms with Gasteiger partial charge in [-0.3, -0.25) is 4.79 Å². The van der Waals surface area contributed by atoms with Crippen LogP contribution in [0.2, 0.25) is 0 Å². The van der Waals surface area contributed by atoms with Crippen LogP contribution < -0.4 is 5.32 Å². The van der Waals surface area contributed by atoms with Gasteiger partial charge in [0.25, 0.3) is 5.91 Å². The first-order valence-corrected chi connectivity index (χ1v) is 5.48. The third-order valence-electron chi connectivity index (χ3n) is 2.52. The summed E-state index contributed by atoms with van der Waals surface area (Å²) in [5.41, 5.74) is 0.699. The summed E-state index contributed by atoms with van der Waals surface area (Å²) in [6.45, 7) is 1.87. The number of hydrogen-bond donors (Lipinski definition) is 2. The third kappa shape index (κ3) is 2.34. The van der Waals surface area contributed by atoms with E-state index in [1.165, 1.54) is 18.4 Å². The third-order valence-corrected chi connectivity index (χ3v) is 2.52. The van der Waals surface area contributed by atoms with Gasteiger partial charge >= 0.3 is 0 Å². The van der Waals surface area contributed by atoms with Gasteiger partial charge in [-0.15, -0.1) is 0 Å². The van der Waals surface area contributed by atoms with Gasteiger partial charge in [-0.05, 0) is 18.2 Å². The van der Waals surface area contributed by atoms with Crippen LogP contribution in [0.25, 0.3) is 0 Å². The fraction of sp³-hybridized carbons (Fsp3) is 0.154. The maximum absolute atomic E-state index is 13.1. The summed E-state index contributed by atoms with van der Waals surface area (Å²) in [7, 11) is 0. The van der Waals surface area contributed by atoms with Crippen LogP contribution >= 0.6 is 0 Å². The molecule has 0 aliphatic carbocycles. The molecule has 5 heteroatoms. The summed E-state index contributed by atoms with van der Waals surface area (Å²) in [5.74, 6) is -1.03. The maximum Gasteiger partial charge on any atom is 0.259 e. The Morgan fingerprint density at radius 2 is 2.22 bits per heavy atom. The van der Waals surface area contributed by atoms with Gasteiger partial charge in [0.1, 0.15) is 5.76 Å². The molecular formula is C13H12FNO3. The van der Waals surface area contributed by atoms with Crippen molar-refractivity contribution in [2.75, 3.05) is 5.32 Å². The van der Waals surface area contributed by atoms with E-state index in [4.69, 9.17) is 9.52 Å². The molecule has 0 fully saturated rings. The van der Waals surface area contributed by atoms with Gasteiger partial charge in [0.2, 0.25) is 0 Å². The number of rotatable bonds is 3. The molecule has 94 valence electrons. The number of furan rings is 1. The molecule has 2 N–H and O–H groups in total. The Bertz CT molecular complexity index is 577. The largest absolute Gasteiger partial charge is 0.505 e. The van der Waals surface area contributed by atoms with E-state index in [1.54, 1.807) is 6.07 Å². The highest BCUT2D eigenvalue weighted by atomic mass is 19.1. The second kappa shape index (κ2) is 4.91. The Hall–Kier alpha value is -2.30. The second-order valence-electron chi connectivity index (χ2n) is 3.73. The Labute approximate surface area is 103 Å². The van der Waals surface area contributed by atoms with Gasteiger partial charge < -0.3 is 14.8 Å². The number of phenols is 1. The molecule has 18 heavy (non-hydrogen) atoms. The van der Waals surface area contributed by atoms with Gasteiger partial charge in [-0.25, -0.2) is 4.39 Å². The fourth-order valence-corrected chi connectivity index (χ4v) is 1.60. The minimum atomic E-state index is -0.782. The zero-order valence-corrected chi connectivity index (χ0v) is 9.74. The highest BCUT2D eigenvalue weighted by Crippen LogP contribution is 2.20. The molecule has 2 aromatic rings. The van der Waals surface area contributed by atoms with Gasteiger partial charge in [-0.2, -0.15) is 0 Å². The molecular weight excluding hydrogens is 237 g/mol. The zero-order valence-electron chi connectivity index (χ0n) is 9.74. The quantitative estimate of drug-likeness (QED) is 0.822. The molecule has 0 spiro atoms. The first kappa shape index (κ1) is 12.2. The van der Waals surface area contributed by atoms with Crippen molar-refractivity contribution in [3.63, 3.8) is 0 Å². The number of halogens is 1. The average Bonchev–Trinajstić information content (AvgIpc) is 2.82. The van der Waals surface area contributed by atoms with Crippen LogP contribution in [0.15, 0.2) is 34.9 Å². The number of aromatic hydroxyl groups is 1. The minimum Gasteiger partial charge on any atom is -0.505 e. The van der Waals surface area contributed by atoms with E-state index in [0.717, 1.165) is 6.07 Å². The molecule has 1 heterocycles. The molecule has 0 aliphatic rings. The lowest BCUT2D eigenvalue weighted by Crippen LogP contribution is -2.12. The molecule has 0 unspecified atom stereocenters. The van der Waals surface area contributed by atoms with Crippen molar-refractivity contribution in [1.82, 2.24) is 0 Å². The van der Waals surface area contributed by atoms with Crippen molar-refractivity contribution in [3.05, 3.63) is 47.7 Å². The number of benzene rings is 1. The summed E-state index contributed by atoms with van der Waals surface area (Å²) in [5, 5.41) is 11.6. The molecule has 0 bridgehead atoms. The summed E-state index contributed by atoms with van der Waals surface area (Å²) < 4.78 is 18.2. The molecule has 1 aromatic carbocycles. The molecule has 2 rings (SSSR count). The van der Waals surface area contributed by atoms with Gasteiger partial charge in [0.15, 0.2) is 11.6 Å². The van der Waals surface area contributed by atoms with Crippen LogP contribution in [0.5, 0.6) is 5.75 Å². The lowest BCUT2D eigenvalue weighted by atomic mass is 10.2. The molecule has 1 amide bonds. The van der Waals surface area contributed by atoms with E-state index < -0.39 is 11.6 Å². The molecule has 0 atom stereocenters. The Morgan fingerprint density at radius 1 is 1.44 bits per heavy atom. The van der Waals surface area contributed by atoms with Gasteiger partial charge in [0, 0.05) is 18.2 Å². The predicted octanol–water partition coefficient (Wildman–Crippen LogP) is 2.94. The van der Waals surface area contributed by atoms with Crippen molar-refractivity contribution in [2.24, 2.45) is 0 Å². The summed E-state index contributed by atoms with van der Waals surface area (Å²) >= 11 is 0. The number of carbonyl (C=O) groups is 1. The number of amides is 1. The summed E-state index contributed by atoms with van der Waals surface area (Å²) in [6.07, 6.45) is 2.03. The van der Waals surface area contributed by atoms with Crippen LogP contribution in [0.1, 0.15) is 23.0 Å². The van der Waals surface area contributed by atoms with E-state index in [0.29, 0.717) is 17.7 Å². The number of aryl methyl sites for hydroxylation is 1. The van der Waals surface area contributed by atoms with Crippen molar-refractivity contribution in [3.8, 4) is 5.75 Å². The standard InChI is InChI=1S/C13H12FNO3/c1-2-12-9(5-6-18-12)13(17)15-8-3-4-11(16)10(14)7-8/h3-7,16H,2H2,1H3,(H,15,17). The van der Waals surface area contributed by atoms with Crippen LogP contribution in [0, 0.1) is 5.82 Å². The lowest BCUT2D eigenvalue weighted by molar-refractivity contribution is 0.102. The van der Waals surface area contributed by atoms with Crippen LogP contribution in [0.3, 0.4) is 0 Å². The Balaban J connectivity index is 2.19. The number of hydrogen-bond acceptors (Lipinski definition) is 3. The lowest BCUT2D eigenvalue weighted by Gasteiger charge is -2.05. The number of anilines is 1. The minimum absolute atomic E-state index is 0.276. The summed E-state index contributed by atoms with van der Waals surface area (Å²) in [6, 6.07) is 5.22. The average molecular weight is 249 g/mol. The van der Waals surface area contributed by atoms with E-state index in [1.807, 2.05) is 6.92 Å². The van der Waals surface area contributed by atoms with E-state index in [9.17, 15) is 9.18 Å². The van der Waals surface area contributed by atoms with Gasteiger partial charge in [0.05, 0.1) is 11.8 Å². The molecule has 0 saturated heterocycles. The number of nitrogens with one attached hydrogen (secondary N) is 1. The van der Waals surface area contributed by atoms with Crippen LogP contribution in [0.4, 0.5) is 10.1 Å². The monoisotopic (exact) mass is 249 g/mol. The highest BCUT2D eigenvalue weighted by Gasteiger charge is 2.14. The molecule has 0 radical (unpaired) electrons. The summed E-state index contributed by atoms with van der Waals surface area (Å²) in [4.78, 5) is 11.9. The number of carbonyl (C=O) groups excluding carboxylic acids is 1. The number of phenolic OH excluding ortho intramolecular Hbond substituents is 1. The SMILES string of the molecule is CCc1occc1C(=O)Nc1ccc(O)c(F)c1. The van der Waals surface area contributed by atoms with Crippen molar-refractivity contribution < 1.29 is 18.7 Å². The van der Waals surface area contributed by atoms with Crippen LogP contribution in [-0.4, -0.2) is 11.0 Å². The van der Waals surface area contributed by atoms with E-state index >= 15 is 0 Å². The van der Waals surface area contributed by atoms with Gasteiger partial charge in [-0.1, -0.05) is 6.92 Å².